The number of carbonyl (C=O) groups excluding carboxylic acids is 1. The normalized spacial score (nSPS) is 13.3. The monoisotopic (exact) mass is 353 g/mol. The molecule has 0 N–H and O–H groups in total. The predicted octanol–water partition coefficient (Wildman–Crippen LogP) is 4.54. The van der Waals surface area contributed by atoms with E-state index < -0.39 is 0 Å². The first-order valence-corrected chi connectivity index (χ1v) is 9.35. The number of rotatable bonds is 9. The number of carbonyl (C=O) groups is 1. The van der Waals surface area contributed by atoms with Crippen molar-refractivity contribution in [1.82, 2.24) is 4.90 Å². The first-order chi connectivity index (χ1) is 12.7. The summed E-state index contributed by atoms with van der Waals surface area (Å²) < 4.78 is 11.3. The van der Waals surface area contributed by atoms with E-state index in [-0.39, 0.29) is 5.91 Å². The maximum atomic E-state index is 12.9. The first-order valence-electron chi connectivity index (χ1n) is 9.35. The highest BCUT2D eigenvalue weighted by Crippen LogP contribution is 2.32. The maximum Gasteiger partial charge on any atom is 0.254 e. The van der Waals surface area contributed by atoms with E-state index >= 15 is 0 Å². The van der Waals surface area contributed by atoms with Crippen molar-refractivity contribution < 1.29 is 14.3 Å². The van der Waals surface area contributed by atoms with Crippen LogP contribution in [0.5, 0.6) is 11.5 Å². The molecule has 1 saturated carbocycles. The molecule has 4 nitrogen and oxygen atoms in total. The van der Waals surface area contributed by atoms with Gasteiger partial charge in [0, 0.05) is 18.7 Å². The van der Waals surface area contributed by atoms with Gasteiger partial charge >= 0.3 is 0 Å². The summed E-state index contributed by atoms with van der Waals surface area (Å²) >= 11 is 0. The van der Waals surface area contributed by atoms with E-state index in [1.807, 2.05) is 47.4 Å². The molecule has 0 radical (unpaired) electrons. The fraction of sp³-hybridized carbons (Fsp3) is 0.409. The van der Waals surface area contributed by atoms with Crippen molar-refractivity contribution in [2.75, 3.05) is 20.2 Å². The molecule has 0 aromatic heterocycles. The topological polar surface area (TPSA) is 38.8 Å². The molecule has 26 heavy (non-hydrogen) atoms. The van der Waals surface area contributed by atoms with Gasteiger partial charge in [0.05, 0.1) is 7.11 Å². The van der Waals surface area contributed by atoms with E-state index in [9.17, 15) is 4.79 Å². The van der Waals surface area contributed by atoms with Crippen LogP contribution >= 0.6 is 0 Å². The van der Waals surface area contributed by atoms with Gasteiger partial charge in [0.25, 0.3) is 5.91 Å². The first kappa shape index (κ1) is 18.3. The van der Waals surface area contributed by atoms with Crippen molar-refractivity contribution >= 4 is 5.91 Å². The summed E-state index contributed by atoms with van der Waals surface area (Å²) in [6.45, 7) is 4.23. The van der Waals surface area contributed by atoms with Crippen LogP contribution in [0, 0.1) is 5.92 Å². The molecule has 2 aromatic carbocycles. The Morgan fingerprint density at radius 3 is 2.54 bits per heavy atom. The minimum Gasteiger partial charge on any atom is -0.493 e. The van der Waals surface area contributed by atoms with Gasteiger partial charge in [-0.25, -0.2) is 0 Å². The number of hydrogen-bond acceptors (Lipinski definition) is 3. The van der Waals surface area contributed by atoms with Crippen LogP contribution in [0.25, 0.3) is 0 Å². The quantitative estimate of drug-likeness (QED) is 0.664. The lowest BCUT2D eigenvalue weighted by Gasteiger charge is -2.22. The van der Waals surface area contributed by atoms with Crippen molar-refractivity contribution in [1.29, 1.82) is 0 Å². The highest BCUT2D eigenvalue weighted by molar-refractivity contribution is 5.95. The summed E-state index contributed by atoms with van der Waals surface area (Å²) in [5.74, 6) is 2.00. The molecule has 0 unspecified atom stereocenters. The van der Waals surface area contributed by atoms with Crippen molar-refractivity contribution in [3.05, 3.63) is 59.7 Å². The molecular weight excluding hydrogens is 326 g/mol. The predicted molar refractivity (Wildman–Crippen MR) is 103 cm³/mol. The molecule has 138 valence electrons. The Morgan fingerprint density at radius 2 is 1.88 bits per heavy atom. The van der Waals surface area contributed by atoms with Crippen LogP contribution in [0.1, 0.15) is 42.1 Å². The SMILES string of the molecule is CCCN(CC1CC1)C(=O)c1ccc(OCc2ccccc2)c(OC)c1. The van der Waals surface area contributed by atoms with Gasteiger partial charge in [0.2, 0.25) is 0 Å². The van der Waals surface area contributed by atoms with Crippen LogP contribution < -0.4 is 9.47 Å². The van der Waals surface area contributed by atoms with Crippen LogP contribution in [0.3, 0.4) is 0 Å². The van der Waals surface area contributed by atoms with E-state index in [0.717, 1.165) is 25.1 Å². The van der Waals surface area contributed by atoms with Crippen molar-refractivity contribution in [3.63, 3.8) is 0 Å². The summed E-state index contributed by atoms with van der Waals surface area (Å²) in [6.07, 6.45) is 3.44. The Kier molecular flexibility index (Phi) is 6.16. The summed E-state index contributed by atoms with van der Waals surface area (Å²) in [4.78, 5) is 14.9. The molecule has 1 amide bonds. The molecule has 1 fully saturated rings. The minimum atomic E-state index is 0.0756. The molecule has 2 aromatic rings. The number of hydrogen-bond donors (Lipinski definition) is 0. The Hall–Kier alpha value is -2.49. The van der Waals surface area contributed by atoms with Crippen LogP contribution in [0.4, 0.5) is 0 Å². The van der Waals surface area contributed by atoms with E-state index in [2.05, 4.69) is 6.92 Å². The van der Waals surface area contributed by atoms with Gasteiger partial charge in [0.1, 0.15) is 6.61 Å². The van der Waals surface area contributed by atoms with Gasteiger partial charge < -0.3 is 14.4 Å². The number of benzene rings is 2. The van der Waals surface area contributed by atoms with E-state index in [1.165, 1.54) is 12.8 Å². The van der Waals surface area contributed by atoms with E-state index in [4.69, 9.17) is 9.47 Å². The number of ether oxygens (including phenoxy) is 2. The lowest BCUT2D eigenvalue weighted by Crippen LogP contribution is -2.33. The van der Waals surface area contributed by atoms with Crippen LogP contribution in [0.15, 0.2) is 48.5 Å². The van der Waals surface area contributed by atoms with Crippen LogP contribution in [-0.2, 0) is 6.61 Å². The third-order valence-corrected chi connectivity index (χ3v) is 4.60. The molecule has 0 aliphatic heterocycles. The average Bonchev–Trinajstić information content (AvgIpc) is 3.50. The smallest absolute Gasteiger partial charge is 0.254 e. The second kappa shape index (κ2) is 8.75. The van der Waals surface area contributed by atoms with Gasteiger partial charge in [-0.05, 0) is 48.9 Å². The van der Waals surface area contributed by atoms with Crippen LogP contribution in [0.2, 0.25) is 0 Å². The Morgan fingerprint density at radius 1 is 1.12 bits per heavy atom. The fourth-order valence-corrected chi connectivity index (χ4v) is 3.00. The molecule has 1 aliphatic rings. The van der Waals surface area contributed by atoms with Gasteiger partial charge in [-0.15, -0.1) is 0 Å². The number of amides is 1. The van der Waals surface area contributed by atoms with Crippen molar-refractivity contribution in [3.8, 4) is 11.5 Å². The maximum absolute atomic E-state index is 12.9. The zero-order valence-electron chi connectivity index (χ0n) is 15.6. The van der Waals surface area contributed by atoms with Gasteiger partial charge in [0.15, 0.2) is 11.5 Å². The highest BCUT2D eigenvalue weighted by atomic mass is 16.5. The molecule has 0 spiro atoms. The van der Waals surface area contributed by atoms with Crippen molar-refractivity contribution in [2.45, 2.75) is 32.8 Å². The minimum absolute atomic E-state index is 0.0756. The second-order valence-corrected chi connectivity index (χ2v) is 6.83. The Balaban J connectivity index is 1.71. The molecule has 0 bridgehead atoms. The molecular formula is C22H27NO3. The standard InChI is InChI=1S/C22H27NO3/c1-3-13-23(15-17-9-10-17)22(24)19-11-12-20(21(14-19)25-2)26-16-18-7-5-4-6-8-18/h4-8,11-12,14,17H,3,9-10,13,15-16H2,1-2H3. The third-order valence-electron chi connectivity index (χ3n) is 4.60. The molecule has 0 heterocycles. The lowest BCUT2D eigenvalue weighted by atomic mass is 10.1. The fourth-order valence-electron chi connectivity index (χ4n) is 3.00. The van der Waals surface area contributed by atoms with Gasteiger partial charge in [-0.3, -0.25) is 4.79 Å². The largest absolute Gasteiger partial charge is 0.493 e. The van der Waals surface area contributed by atoms with E-state index in [0.29, 0.717) is 29.6 Å². The third kappa shape index (κ3) is 4.78. The number of methoxy groups -OCH3 is 1. The molecule has 0 saturated heterocycles. The zero-order chi connectivity index (χ0) is 18.4. The summed E-state index contributed by atoms with van der Waals surface area (Å²) in [7, 11) is 1.60. The summed E-state index contributed by atoms with van der Waals surface area (Å²) in [5, 5.41) is 0. The van der Waals surface area contributed by atoms with Gasteiger partial charge in [-0.1, -0.05) is 37.3 Å². The Bertz CT molecular complexity index is 725. The molecule has 0 atom stereocenters. The second-order valence-electron chi connectivity index (χ2n) is 6.83. The molecule has 1 aliphatic carbocycles. The lowest BCUT2D eigenvalue weighted by molar-refractivity contribution is 0.0747. The van der Waals surface area contributed by atoms with E-state index in [1.54, 1.807) is 13.2 Å². The molecule has 3 rings (SSSR count). The molecule has 4 heteroatoms. The van der Waals surface area contributed by atoms with Gasteiger partial charge in [-0.2, -0.15) is 0 Å². The van der Waals surface area contributed by atoms with Crippen molar-refractivity contribution in [2.24, 2.45) is 5.92 Å². The zero-order valence-corrected chi connectivity index (χ0v) is 15.6. The summed E-state index contributed by atoms with van der Waals surface area (Å²) in [5.41, 5.74) is 1.75. The summed E-state index contributed by atoms with van der Waals surface area (Å²) in [6, 6.07) is 15.4. The average molecular weight is 353 g/mol. The van der Waals surface area contributed by atoms with Crippen LogP contribution in [-0.4, -0.2) is 31.0 Å². The highest BCUT2D eigenvalue weighted by Gasteiger charge is 2.27. The Labute approximate surface area is 155 Å². The number of nitrogens with zero attached hydrogens (tertiary/aromatic N) is 1.